The number of aryl methyl sites for hydroxylation is 1. The van der Waals surface area contributed by atoms with Gasteiger partial charge in [0.25, 0.3) is 11.8 Å². The fourth-order valence-corrected chi connectivity index (χ4v) is 4.23. The van der Waals surface area contributed by atoms with Crippen LogP contribution in [-0.2, 0) is 14.3 Å². The van der Waals surface area contributed by atoms with E-state index in [4.69, 9.17) is 9.47 Å². The van der Waals surface area contributed by atoms with Crippen LogP contribution in [0.1, 0.15) is 28.4 Å². The van der Waals surface area contributed by atoms with E-state index < -0.39 is 11.9 Å². The van der Waals surface area contributed by atoms with Crippen LogP contribution in [0.4, 0.5) is 11.4 Å². The Labute approximate surface area is 239 Å². The van der Waals surface area contributed by atoms with Crippen LogP contribution in [0.25, 0.3) is 6.08 Å². The first-order chi connectivity index (χ1) is 18.7. The third-order valence-corrected chi connectivity index (χ3v) is 6.02. The number of rotatable bonds is 10. The first kappa shape index (κ1) is 29.2. The van der Waals surface area contributed by atoms with Gasteiger partial charge in [0.1, 0.15) is 11.6 Å². The molecule has 0 unspecified atom stereocenters. The van der Waals surface area contributed by atoms with Gasteiger partial charge in [-0.3, -0.25) is 9.59 Å². The number of esters is 1. The number of ether oxygens (including phenoxy) is 3. The Morgan fingerprint density at radius 3 is 2.38 bits per heavy atom. The molecule has 0 spiro atoms. The first-order valence-electron chi connectivity index (χ1n) is 11.8. The van der Waals surface area contributed by atoms with Gasteiger partial charge in [0, 0.05) is 11.4 Å². The Morgan fingerprint density at radius 2 is 1.74 bits per heavy atom. The number of methoxy groups -OCH3 is 1. The van der Waals surface area contributed by atoms with E-state index in [1.165, 1.54) is 37.5 Å². The van der Waals surface area contributed by atoms with Gasteiger partial charge in [0.05, 0.1) is 22.9 Å². The average Bonchev–Trinajstić information content (AvgIpc) is 2.91. The zero-order valence-electron chi connectivity index (χ0n) is 21.5. The number of anilines is 2. The Morgan fingerprint density at radius 1 is 1.00 bits per heavy atom. The number of hydrogen-bond acceptors (Lipinski definition) is 7. The van der Waals surface area contributed by atoms with Gasteiger partial charge < -0.3 is 24.8 Å². The lowest BCUT2D eigenvalue weighted by Gasteiger charge is -2.15. The molecule has 0 aliphatic carbocycles. The highest BCUT2D eigenvalue weighted by Gasteiger charge is 2.16. The monoisotopic (exact) mass is 639 g/mol. The molecule has 0 aliphatic heterocycles. The predicted octanol–water partition coefficient (Wildman–Crippen LogP) is 5.35. The van der Waals surface area contributed by atoms with Crippen LogP contribution < -0.4 is 20.1 Å². The molecule has 3 aromatic rings. The number of carbonyl (C=O) groups excluding carboxylic acids is 3. The second-order valence-corrected chi connectivity index (χ2v) is 9.32. The minimum Gasteiger partial charge on any atom is -0.490 e. The van der Waals surface area contributed by atoms with Crippen LogP contribution in [0.2, 0.25) is 0 Å². The third kappa shape index (κ3) is 8.31. The van der Waals surface area contributed by atoms with Crippen LogP contribution in [0.15, 0.2) is 66.2 Å². The lowest BCUT2D eigenvalue weighted by atomic mass is 10.1. The summed E-state index contributed by atoms with van der Waals surface area (Å²) in [6.07, 6.45) is 1.43. The van der Waals surface area contributed by atoms with E-state index >= 15 is 0 Å². The smallest absolute Gasteiger partial charge is 0.337 e. The minimum atomic E-state index is -0.621. The van der Waals surface area contributed by atoms with Gasteiger partial charge in [-0.1, -0.05) is 12.1 Å². The zero-order chi connectivity index (χ0) is 28.4. The third-order valence-electron chi connectivity index (χ3n) is 5.22. The van der Waals surface area contributed by atoms with E-state index in [1.807, 2.05) is 60.7 Å². The van der Waals surface area contributed by atoms with Gasteiger partial charge in [0.15, 0.2) is 18.1 Å². The summed E-state index contributed by atoms with van der Waals surface area (Å²) in [5, 5.41) is 15.1. The Balaban J connectivity index is 1.75. The molecule has 0 fully saturated rings. The molecular weight excluding hydrogens is 613 g/mol. The highest BCUT2D eigenvalue weighted by atomic mass is 127. The summed E-state index contributed by atoms with van der Waals surface area (Å²) in [7, 11) is 1.28. The van der Waals surface area contributed by atoms with E-state index in [1.54, 1.807) is 18.2 Å². The molecule has 3 aromatic carbocycles. The van der Waals surface area contributed by atoms with Crippen LogP contribution in [0, 0.1) is 21.8 Å². The summed E-state index contributed by atoms with van der Waals surface area (Å²) in [4.78, 5) is 36.8. The van der Waals surface area contributed by atoms with E-state index in [9.17, 15) is 19.6 Å². The number of nitriles is 1. The largest absolute Gasteiger partial charge is 0.490 e. The molecule has 0 bridgehead atoms. The summed E-state index contributed by atoms with van der Waals surface area (Å²) in [5.74, 6) is -0.697. The molecule has 0 aromatic heterocycles. The van der Waals surface area contributed by atoms with E-state index in [-0.39, 0.29) is 18.1 Å². The molecule has 39 heavy (non-hydrogen) atoms. The number of nitrogens with one attached hydrogen (secondary N) is 2. The second-order valence-electron chi connectivity index (χ2n) is 8.16. The van der Waals surface area contributed by atoms with Gasteiger partial charge in [-0.2, -0.15) is 5.26 Å². The van der Waals surface area contributed by atoms with Crippen molar-refractivity contribution in [3.05, 3.63) is 86.5 Å². The molecule has 0 radical (unpaired) electrons. The highest BCUT2D eigenvalue weighted by Crippen LogP contribution is 2.35. The van der Waals surface area contributed by atoms with Gasteiger partial charge in [-0.05, 0) is 102 Å². The van der Waals surface area contributed by atoms with Crippen molar-refractivity contribution < 1.29 is 28.6 Å². The molecule has 3 rings (SSSR count). The maximum absolute atomic E-state index is 12.7. The molecule has 0 saturated heterocycles. The summed E-state index contributed by atoms with van der Waals surface area (Å²) in [6.45, 7) is 3.84. The van der Waals surface area contributed by atoms with Crippen LogP contribution in [0.5, 0.6) is 11.5 Å². The van der Waals surface area contributed by atoms with Crippen molar-refractivity contribution in [1.82, 2.24) is 0 Å². The van der Waals surface area contributed by atoms with Crippen LogP contribution >= 0.6 is 22.6 Å². The Bertz CT molecular complexity index is 1440. The first-order valence-corrected chi connectivity index (χ1v) is 12.9. The second kappa shape index (κ2) is 14.0. The molecule has 2 N–H and O–H groups in total. The zero-order valence-corrected chi connectivity index (χ0v) is 23.7. The van der Waals surface area contributed by atoms with Crippen molar-refractivity contribution in [3.8, 4) is 17.6 Å². The van der Waals surface area contributed by atoms with E-state index in [0.29, 0.717) is 44.2 Å². The van der Waals surface area contributed by atoms with Crippen molar-refractivity contribution >= 4 is 57.8 Å². The molecular formula is C29H26IN3O6. The van der Waals surface area contributed by atoms with Crippen molar-refractivity contribution in [3.63, 3.8) is 0 Å². The fraction of sp³-hybridized carbons (Fsp3) is 0.172. The van der Waals surface area contributed by atoms with Gasteiger partial charge in [-0.15, -0.1) is 0 Å². The van der Waals surface area contributed by atoms with Crippen LogP contribution in [0.3, 0.4) is 0 Å². The Hall–Kier alpha value is -4.37. The molecule has 9 nitrogen and oxygen atoms in total. The normalized spacial score (nSPS) is 10.7. The van der Waals surface area contributed by atoms with Gasteiger partial charge in [0.2, 0.25) is 0 Å². The predicted molar refractivity (Wildman–Crippen MR) is 156 cm³/mol. The molecule has 200 valence electrons. The van der Waals surface area contributed by atoms with Crippen molar-refractivity contribution in [2.75, 3.05) is 31.0 Å². The van der Waals surface area contributed by atoms with Crippen molar-refractivity contribution in [2.24, 2.45) is 0 Å². The summed E-state index contributed by atoms with van der Waals surface area (Å²) >= 11 is 2.05. The summed E-state index contributed by atoms with van der Waals surface area (Å²) in [6, 6.07) is 18.8. The number of benzene rings is 3. The number of nitrogens with zero attached hydrogens (tertiary/aromatic N) is 1. The molecule has 0 aliphatic rings. The quantitative estimate of drug-likeness (QED) is 0.133. The maximum Gasteiger partial charge on any atom is 0.337 e. The summed E-state index contributed by atoms with van der Waals surface area (Å²) in [5.41, 5.74) is 2.83. The molecule has 0 saturated carbocycles. The maximum atomic E-state index is 12.7. The Kier molecular flexibility index (Phi) is 10.5. The number of carbonyl (C=O) groups is 3. The molecule has 0 atom stereocenters. The van der Waals surface area contributed by atoms with E-state index in [2.05, 4.69) is 15.4 Å². The molecule has 0 heterocycles. The lowest BCUT2D eigenvalue weighted by Crippen LogP contribution is -2.20. The number of hydrogen-bond donors (Lipinski definition) is 2. The number of amides is 2. The van der Waals surface area contributed by atoms with Gasteiger partial charge in [-0.25, -0.2) is 4.79 Å². The summed E-state index contributed by atoms with van der Waals surface area (Å²) < 4.78 is 16.8. The minimum absolute atomic E-state index is 0.142. The van der Waals surface area contributed by atoms with Crippen molar-refractivity contribution in [1.29, 1.82) is 5.26 Å². The number of halogens is 1. The van der Waals surface area contributed by atoms with Crippen molar-refractivity contribution in [2.45, 2.75) is 13.8 Å². The average molecular weight is 639 g/mol. The topological polar surface area (TPSA) is 127 Å². The lowest BCUT2D eigenvalue weighted by molar-refractivity contribution is -0.118. The molecule has 2 amide bonds. The van der Waals surface area contributed by atoms with E-state index in [0.717, 1.165) is 5.56 Å². The molecule has 10 heteroatoms. The van der Waals surface area contributed by atoms with Crippen LogP contribution in [-0.4, -0.2) is 38.1 Å². The van der Waals surface area contributed by atoms with Gasteiger partial charge >= 0.3 is 5.97 Å². The highest BCUT2D eigenvalue weighted by molar-refractivity contribution is 14.1. The standard InChI is InChI=1S/C29H26IN3O6/c1-4-38-25-15-19(13-21(16-31)28(35)33-22-10-8-20(9-11-22)29(36)37-3)14-24(30)27(25)39-17-26(34)32-23-7-5-6-18(2)12-23/h5-15H,4,17H2,1-3H3,(H,32,34)(H,33,35)/b21-13+. The SMILES string of the molecule is CCOc1cc(/C=C(\C#N)C(=O)Nc2ccc(C(=O)OC)cc2)cc(I)c1OCC(=O)Nc1cccc(C)c1. The fourth-order valence-electron chi connectivity index (χ4n) is 3.45.